The van der Waals surface area contributed by atoms with Gasteiger partial charge in [-0.1, -0.05) is 0 Å². The van der Waals surface area contributed by atoms with Crippen molar-refractivity contribution in [1.82, 2.24) is 10.2 Å². The maximum atomic E-state index is 11.3. The molecule has 0 aromatic rings. The van der Waals surface area contributed by atoms with Crippen molar-refractivity contribution in [2.45, 2.75) is 12.8 Å². The van der Waals surface area contributed by atoms with Crippen LogP contribution in [0, 0.1) is 5.41 Å². The molecule has 0 aromatic carbocycles. The zero-order chi connectivity index (χ0) is 8.77. The lowest BCUT2D eigenvalue weighted by atomic mass is 9.72. The van der Waals surface area contributed by atoms with Crippen molar-refractivity contribution in [2.24, 2.45) is 5.41 Å². The molecule has 0 radical (unpaired) electrons. The van der Waals surface area contributed by atoms with E-state index in [9.17, 15) is 9.59 Å². The van der Waals surface area contributed by atoms with Crippen molar-refractivity contribution in [2.75, 3.05) is 20.1 Å². The van der Waals surface area contributed by atoms with E-state index in [1.807, 2.05) is 0 Å². The Labute approximate surface area is 70.9 Å². The van der Waals surface area contributed by atoms with Gasteiger partial charge in [0.2, 0.25) is 11.8 Å². The summed E-state index contributed by atoms with van der Waals surface area (Å²) in [6.45, 7) is 1.40. The summed E-state index contributed by atoms with van der Waals surface area (Å²) in [4.78, 5) is 24.2. The summed E-state index contributed by atoms with van der Waals surface area (Å²) in [5.41, 5.74) is -0.330. The number of hydrogen-bond donors (Lipinski definition) is 1. The zero-order valence-corrected chi connectivity index (χ0v) is 7.09. The lowest BCUT2D eigenvalue weighted by Crippen LogP contribution is -2.63. The van der Waals surface area contributed by atoms with Gasteiger partial charge >= 0.3 is 0 Å². The Balaban J connectivity index is 2.12. The Morgan fingerprint density at radius 3 is 2.67 bits per heavy atom. The normalized spacial score (nSPS) is 34.9. The first kappa shape index (κ1) is 7.58. The van der Waals surface area contributed by atoms with Gasteiger partial charge in [-0.3, -0.25) is 9.59 Å². The average molecular weight is 168 g/mol. The highest BCUT2D eigenvalue weighted by molar-refractivity contribution is 5.94. The number of piperidine rings is 1. The fourth-order valence-corrected chi connectivity index (χ4v) is 1.77. The third kappa shape index (κ3) is 0.838. The molecule has 4 heteroatoms. The maximum Gasteiger partial charge on any atom is 0.228 e. The van der Waals surface area contributed by atoms with Crippen LogP contribution in [0.4, 0.5) is 0 Å². The van der Waals surface area contributed by atoms with Gasteiger partial charge in [0.15, 0.2) is 0 Å². The van der Waals surface area contributed by atoms with E-state index in [2.05, 4.69) is 5.32 Å². The van der Waals surface area contributed by atoms with Gasteiger partial charge in [-0.05, 0) is 6.42 Å². The number of carbonyl (C=O) groups excluding carboxylic acids is 2. The van der Waals surface area contributed by atoms with Crippen molar-refractivity contribution < 1.29 is 9.59 Å². The first-order valence-electron chi connectivity index (χ1n) is 4.16. The summed E-state index contributed by atoms with van der Waals surface area (Å²) in [5.74, 6) is 0.153. The second-order valence-corrected chi connectivity index (χ2v) is 3.71. The topological polar surface area (TPSA) is 49.4 Å². The van der Waals surface area contributed by atoms with Crippen LogP contribution in [-0.2, 0) is 9.59 Å². The molecule has 2 heterocycles. The molecule has 66 valence electrons. The van der Waals surface area contributed by atoms with Gasteiger partial charge in [0.25, 0.3) is 0 Å². The summed E-state index contributed by atoms with van der Waals surface area (Å²) in [6, 6.07) is 0. The zero-order valence-electron chi connectivity index (χ0n) is 7.09. The summed E-state index contributed by atoms with van der Waals surface area (Å²) in [7, 11) is 1.78. The molecule has 2 amide bonds. The molecule has 0 aromatic heterocycles. The molecule has 1 atom stereocenters. The number of likely N-dealkylation sites (tertiary alicyclic amines) is 1. The summed E-state index contributed by atoms with van der Waals surface area (Å²) >= 11 is 0. The lowest BCUT2D eigenvalue weighted by molar-refractivity contribution is -0.153. The molecular weight excluding hydrogens is 156 g/mol. The molecule has 0 aliphatic carbocycles. The van der Waals surface area contributed by atoms with Gasteiger partial charge in [-0.15, -0.1) is 0 Å². The Hall–Kier alpha value is -1.06. The molecule has 12 heavy (non-hydrogen) atoms. The molecule has 2 fully saturated rings. The standard InChI is InChI=1S/C8H12N2O2/c1-10-3-2-8(4-6(10)11)5-9-7(8)12/h2-5H2,1H3,(H,9,12). The fraction of sp³-hybridized carbons (Fsp3) is 0.750. The number of nitrogens with zero attached hydrogens (tertiary/aromatic N) is 1. The minimum Gasteiger partial charge on any atom is -0.354 e. The third-order valence-electron chi connectivity index (χ3n) is 2.91. The molecule has 0 bridgehead atoms. The highest BCUT2D eigenvalue weighted by Crippen LogP contribution is 2.36. The average Bonchev–Trinajstić information content (AvgIpc) is 2.07. The molecule has 2 aliphatic heterocycles. The van der Waals surface area contributed by atoms with E-state index < -0.39 is 0 Å². The highest BCUT2D eigenvalue weighted by atomic mass is 16.2. The molecule has 0 saturated carbocycles. The van der Waals surface area contributed by atoms with Crippen LogP contribution >= 0.6 is 0 Å². The van der Waals surface area contributed by atoms with Crippen LogP contribution in [0.3, 0.4) is 0 Å². The lowest BCUT2D eigenvalue weighted by Gasteiger charge is -2.45. The van der Waals surface area contributed by atoms with Crippen LogP contribution in [0.25, 0.3) is 0 Å². The number of hydrogen-bond acceptors (Lipinski definition) is 2. The van der Waals surface area contributed by atoms with Crippen molar-refractivity contribution >= 4 is 11.8 Å². The number of amides is 2. The minimum atomic E-state index is -0.330. The summed E-state index contributed by atoms with van der Waals surface area (Å²) < 4.78 is 0. The highest BCUT2D eigenvalue weighted by Gasteiger charge is 2.50. The number of β-lactam (4-membered cyclic amide) rings is 1. The second kappa shape index (κ2) is 2.21. The quantitative estimate of drug-likeness (QED) is 0.489. The van der Waals surface area contributed by atoms with Gasteiger partial charge in [0.1, 0.15) is 0 Å². The van der Waals surface area contributed by atoms with Gasteiger partial charge in [-0.25, -0.2) is 0 Å². The predicted molar refractivity (Wildman–Crippen MR) is 42.3 cm³/mol. The van der Waals surface area contributed by atoms with Crippen molar-refractivity contribution in [3.63, 3.8) is 0 Å². The SMILES string of the molecule is CN1CCC2(CNC2=O)CC1=O. The fourth-order valence-electron chi connectivity index (χ4n) is 1.77. The molecular formula is C8H12N2O2. The van der Waals surface area contributed by atoms with Crippen molar-refractivity contribution in [1.29, 1.82) is 0 Å². The molecule has 2 rings (SSSR count). The van der Waals surface area contributed by atoms with Gasteiger partial charge < -0.3 is 10.2 Å². The minimum absolute atomic E-state index is 0.0592. The van der Waals surface area contributed by atoms with Gasteiger partial charge in [0, 0.05) is 26.6 Å². The Bertz CT molecular complexity index is 251. The smallest absolute Gasteiger partial charge is 0.228 e. The molecule has 1 N–H and O–H groups in total. The van der Waals surface area contributed by atoms with Gasteiger partial charge in [0.05, 0.1) is 5.41 Å². The molecule has 2 aliphatic rings. The van der Waals surface area contributed by atoms with Crippen LogP contribution < -0.4 is 5.32 Å². The van der Waals surface area contributed by atoms with E-state index in [1.54, 1.807) is 11.9 Å². The Morgan fingerprint density at radius 2 is 2.25 bits per heavy atom. The molecule has 2 saturated heterocycles. The van der Waals surface area contributed by atoms with Crippen LogP contribution in [0.5, 0.6) is 0 Å². The Kier molecular flexibility index (Phi) is 1.40. The van der Waals surface area contributed by atoms with Crippen LogP contribution in [0.15, 0.2) is 0 Å². The van der Waals surface area contributed by atoms with E-state index in [1.165, 1.54) is 0 Å². The van der Waals surface area contributed by atoms with E-state index in [-0.39, 0.29) is 17.2 Å². The van der Waals surface area contributed by atoms with Crippen molar-refractivity contribution in [3.05, 3.63) is 0 Å². The Morgan fingerprint density at radius 1 is 1.50 bits per heavy atom. The van der Waals surface area contributed by atoms with Crippen LogP contribution in [0.1, 0.15) is 12.8 Å². The summed E-state index contributed by atoms with van der Waals surface area (Å²) in [6.07, 6.45) is 1.22. The van der Waals surface area contributed by atoms with Crippen LogP contribution in [0.2, 0.25) is 0 Å². The van der Waals surface area contributed by atoms with E-state index in [4.69, 9.17) is 0 Å². The van der Waals surface area contributed by atoms with E-state index >= 15 is 0 Å². The molecule has 1 unspecified atom stereocenters. The maximum absolute atomic E-state index is 11.3. The second-order valence-electron chi connectivity index (χ2n) is 3.71. The first-order valence-corrected chi connectivity index (χ1v) is 4.16. The predicted octanol–water partition coefficient (Wildman–Crippen LogP) is -0.645. The third-order valence-corrected chi connectivity index (χ3v) is 2.91. The monoisotopic (exact) mass is 168 g/mol. The number of carbonyl (C=O) groups is 2. The largest absolute Gasteiger partial charge is 0.354 e. The van der Waals surface area contributed by atoms with E-state index in [0.29, 0.717) is 19.5 Å². The van der Waals surface area contributed by atoms with Crippen LogP contribution in [-0.4, -0.2) is 36.9 Å². The van der Waals surface area contributed by atoms with Crippen molar-refractivity contribution in [3.8, 4) is 0 Å². The number of nitrogens with one attached hydrogen (secondary N) is 1. The first-order chi connectivity index (χ1) is 5.64. The van der Waals surface area contributed by atoms with E-state index in [0.717, 1.165) is 6.42 Å². The molecule has 1 spiro atoms. The molecule has 4 nitrogen and oxygen atoms in total. The van der Waals surface area contributed by atoms with Gasteiger partial charge in [-0.2, -0.15) is 0 Å². The summed E-state index contributed by atoms with van der Waals surface area (Å²) in [5, 5.41) is 2.69. The number of rotatable bonds is 0.